The van der Waals surface area contributed by atoms with Crippen molar-refractivity contribution in [3.05, 3.63) is 126 Å². The highest BCUT2D eigenvalue weighted by atomic mass is 32.2. The van der Waals surface area contributed by atoms with Gasteiger partial charge in [0.2, 0.25) is 43.7 Å². The zero-order valence-corrected chi connectivity index (χ0v) is 49.4. The van der Waals surface area contributed by atoms with Crippen molar-refractivity contribution in [1.29, 1.82) is 0 Å². The van der Waals surface area contributed by atoms with E-state index >= 15 is 0 Å². The summed E-state index contributed by atoms with van der Waals surface area (Å²) in [7, 11) is -1.85. The van der Waals surface area contributed by atoms with Crippen molar-refractivity contribution in [2.45, 2.75) is 67.1 Å². The summed E-state index contributed by atoms with van der Waals surface area (Å²) in [5.74, 6) is 0.597. The Hall–Kier alpha value is -7.94. The third kappa shape index (κ3) is 22.9. The van der Waals surface area contributed by atoms with Gasteiger partial charge in [0.1, 0.15) is 22.8 Å². The fraction of sp³-hybridized carbons (Fsp3) is 0.294. The number of halogens is 12. The molecule has 482 valence electrons. The molecule has 8 aromatic heterocycles. The Bertz CT molecular complexity index is 3750. The third-order valence-electron chi connectivity index (χ3n) is 10.1. The van der Waals surface area contributed by atoms with Crippen LogP contribution < -0.4 is 24.4 Å². The molecule has 8 aromatic rings. The number of aromatic nitrogens is 12. The summed E-state index contributed by atoms with van der Waals surface area (Å²) in [5, 5.41) is 16.4. The number of aryl methyl sites for hydroxylation is 1. The molecule has 0 amide bonds. The highest BCUT2D eigenvalue weighted by Gasteiger charge is 2.37. The second-order valence-corrected chi connectivity index (χ2v) is 21.0. The third-order valence-corrected chi connectivity index (χ3v) is 12.7. The molecule has 0 aliphatic heterocycles. The fourth-order valence-electron chi connectivity index (χ4n) is 6.30. The maximum Gasteiger partial charge on any atom is 0.493 e. The number of rotatable bonds is 12. The Balaban J connectivity index is 0.000000385. The van der Waals surface area contributed by atoms with Crippen LogP contribution in [0.4, 0.5) is 52.7 Å². The number of hydrogen-bond acceptors (Lipinski definition) is 23. The van der Waals surface area contributed by atoms with Gasteiger partial charge in [0.15, 0.2) is 10.3 Å². The van der Waals surface area contributed by atoms with Crippen LogP contribution in [0.15, 0.2) is 118 Å². The van der Waals surface area contributed by atoms with E-state index in [-0.39, 0.29) is 82.4 Å². The van der Waals surface area contributed by atoms with E-state index in [0.29, 0.717) is 17.3 Å². The number of pyridine rings is 4. The minimum absolute atomic E-state index is 0. The fourth-order valence-corrected chi connectivity index (χ4v) is 8.09. The van der Waals surface area contributed by atoms with Gasteiger partial charge in [0.25, 0.3) is 0 Å². The molecule has 0 bridgehead atoms. The van der Waals surface area contributed by atoms with Crippen LogP contribution in [-0.2, 0) is 45.3 Å². The lowest BCUT2D eigenvalue weighted by Gasteiger charge is -2.11. The number of ether oxygens (including phenoxy) is 4. The number of methoxy groups -OCH3 is 4. The van der Waals surface area contributed by atoms with Crippen LogP contribution in [0.25, 0.3) is 33.8 Å². The molecule has 0 spiro atoms. The second-order valence-electron chi connectivity index (χ2n) is 16.2. The minimum atomic E-state index is -4.81. The van der Waals surface area contributed by atoms with Crippen molar-refractivity contribution in [3.8, 4) is 57.3 Å². The Morgan fingerprint density at radius 3 is 1.18 bits per heavy atom. The molecule has 38 heteroatoms. The summed E-state index contributed by atoms with van der Waals surface area (Å²) in [5.41, 5.74) is -3.18. The molecule has 0 saturated carbocycles. The van der Waals surface area contributed by atoms with Gasteiger partial charge in [-0.25, -0.2) is 68.2 Å². The number of alkyl halides is 12. The smallest absolute Gasteiger partial charge is 0.481 e. The van der Waals surface area contributed by atoms with Gasteiger partial charge in [0.05, 0.1) is 73.0 Å². The molecular weight excluding hydrogens is 1290 g/mol. The highest BCUT2D eigenvalue weighted by Crippen LogP contribution is 2.37. The van der Waals surface area contributed by atoms with Crippen molar-refractivity contribution in [1.82, 2.24) is 59.8 Å². The highest BCUT2D eigenvalue weighted by molar-refractivity contribution is 7.98. The van der Waals surface area contributed by atoms with Gasteiger partial charge in [-0.1, -0.05) is 44.4 Å². The van der Waals surface area contributed by atoms with E-state index in [9.17, 15) is 65.3 Å². The van der Waals surface area contributed by atoms with E-state index in [1.165, 1.54) is 96.7 Å². The van der Waals surface area contributed by atoms with Crippen LogP contribution in [-0.4, -0.2) is 143 Å². The number of nitrogens with zero attached hydrogens (tertiary/aromatic N) is 12. The molecule has 8 rings (SSSR count). The average Bonchev–Trinajstić information content (AvgIpc) is 3.03. The molecular formula is C51H53BF12N12O9S4. The van der Waals surface area contributed by atoms with Gasteiger partial charge in [-0.2, -0.15) is 52.7 Å². The Kier molecular flexibility index (Phi) is 29.1. The maximum absolute atomic E-state index is 12.9. The van der Waals surface area contributed by atoms with Crippen LogP contribution >= 0.6 is 23.5 Å². The Morgan fingerprint density at radius 2 is 0.831 bits per heavy atom. The standard InChI is InChI=1S/C12H10F3N3O3S.C12H10F3N3O2S.C12H10F3N3OS.C7H7F3N2S.C6H8BNO3.2CH4/c1-21-10-7(4-3-5-16-10)8-6-9(12(13,14)15)18-11(17-8)22(2,19)20;1-20-10-7(4-3-5-16-10)8-6-9(12(13,14)15)18-11(17-8)21(2)19;1-19-10-7(4-3-5-16-10)8-6-9(12(13,14)15)18-11(17-8)20-2;1-4-3-5(7(8,9)10)12-6(11-4)13-2;1-11-6-5(7(9)10)3-2-4-8-6;;/h3-6H,1-2H3;3-6H,1-2H3;3-6H,1-2H3;3H,1-2H3;2-4,9-10H,1H3;2*1H4. The van der Waals surface area contributed by atoms with Crippen LogP contribution in [0.3, 0.4) is 0 Å². The Morgan fingerprint density at radius 1 is 0.494 bits per heavy atom. The molecule has 2 N–H and O–H groups in total. The van der Waals surface area contributed by atoms with E-state index in [2.05, 4.69) is 59.8 Å². The van der Waals surface area contributed by atoms with Gasteiger partial charge >= 0.3 is 31.8 Å². The average molecular weight is 1350 g/mol. The van der Waals surface area contributed by atoms with Gasteiger partial charge in [-0.15, -0.1) is 0 Å². The number of thioether (sulfide) groups is 2. The molecule has 0 aromatic carbocycles. The molecule has 0 aliphatic carbocycles. The normalized spacial score (nSPS) is 11.5. The lowest BCUT2D eigenvalue weighted by atomic mass is 9.81. The lowest BCUT2D eigenvalue weighted by Crippen LogP contribution is -2.31. The first-order valence-corrected chi connectivity index (χ1v) is 29.3. The number of hydrogen-bond donors (Lipinski definition) is 2. The predicted molar refractivity (Wildman–Crippen MR) is 305 cm³/mol. The summed E-state index contributed by atoms with van der Waals surface area (Å²) in [6.07, 6.45) is -7.39. The van der Waals surface area contributed by atoms with Crippen LogP contribution in [0.2, 0.25) is 0 Å². The van der Waals surface area contributed by atoms with Gasteiger partial charge in [-0.3, -0.25) is 4.21 Å². The largest absolute Gasteiger partial charge is 0.493 e. The Labute approximate surface area is 512 Å². The maximum atomic E-state index is 12.9. The topological polar surface area (TPSA) is 283 Å². The molecule has 89 heavy (non-hydrogen) atoms. The molecule has 0 radical (unpaired) electrons. The summed E-state index contributed by atoms with van der Waals surface area (Å²) < 4.78 is 207. The molecule has 1 unspecified atom stereocenters. The zero-order chi connectivity index (χ0) is 65.2. The first-order chi connectivity index (χ1) is 40.6. The van der Waals surface area contributed by atoms with Crippen molar-refractivity contribution >= 4 is 56.7 Å². The van der Waals surface area contributed by atoms with E-state index < -0.39 is 85.5 Å². The first-order valence-electron chi connectivity index (χ1n) is 23.4. The SMILES string of the molecule is C.C.COc1ncccc1-c1cc(C(F)(F)F)nc(S(C)(=O)=O)n1.COc1ncccc1-c1cc(C(F)(F)F)nc(S(C)=O)n1.COc1ncccc1-c1cc(C(F)(F)F)nc(SC)n1.COc1ncccc1B(O)O.CSc1nc(C)cc(C(F)(F)F)n1. The van der Waals surface area contributed by atoms with E-state index in [1.54, 1.807) is 30.7 Å². The lowest BCUT2D eigenvalue weighted by molar-refractivity contribution is -0.142. The second kappa shape index (κ2) is 33.6. The first kappa shape index (κ1) is 77.2. The van der Waals surface area contributed by atoms with Crippen LogP contribution in [0.5, 0.6) is 23.5 Å². The molecule has 0 saturated heterocycles. The molecule has 8 heterocycles. The zero-order valence-electron chi connectivity index (χ0n) is 46.1. The van der Waals surface area contributed by atoms with Crippen molar-refractivity contribution in [2.75, 3.05) is 53.5 Å². The molecule has 0 fully saturated rings. The summed E-state index contributed by atoms with van der Waals surface area (Å²) in [6, 6.07) is 15.5. The minimum Gasteiger partial charge on any atom is -0.481 e. The van der Waals surface area contributed by atoms with Crippen molar-refractivity contribution < 1.29 is 94.3 Å². The summed E-state index contributed by atoms with van der Waals surface area (Å²) in [6.45, 7) is 1.51. The van der Waals surface area contributed by atoms with Gasteiger partial charge < -0.3 is 29.0 Å². The summed E-state index contributed by atoms with van der Waals surface area (Å²) >= 11 is 2.13. The van der Waals surface area contributed by atoms with Crippen LogP contribution in [0.1, 0.15) is 43.3 Å². The predicted octanol–water partition coefficient (Wildman–Crippen LogP) is 10.1. The van der Waals surface area contributed by atoms with Gasteiger partial charge in [0, 0.05) is 48.5 Å². The quantitative estimate of drug-likeness (QED) is 0.0497. The van der Waals surface area contributed by atoms with E-state index in [1.807, 2.05) is 0 Å². The molecule has 21 nitrogen and oxygen atoms in total. The van der Waals surface area contributed by atoms with Crippen molar-refractivity contribution in [3.63, 3.8) is 0 Å². The van der Waals surface area contributed by atoms with Crippen molar-refractivity contribution in [2.24, 2.45) is 0 Å². The van der Waals surface area contributed by atoms with E-state index in [4.69, 9.17) is 29.0 Å². The monoisotopic (exact) mass is 1340 g/mol. The van der Waals surface area contributed by atoms with Crippen LogP contribution in [0, 0.1) is 6.92 Å². The molecule has 0 aliphatic rings. The van der Waals surface area contributed by atoms with Gasteiger partial charge in [-0.05, 0) is 86.2 Å². The molecule has 1 atom stereocenters. The number of sulfone groups is 1. The summed E-state index contributed by atoms with van der Waals surface area (Å²) in [4.78, 5) is 44.1. The van der Waals surface area contributed by atoms with E-state index in [0.717, 1.165) is 48.0 Å².